The Morgan fingerprint density at radius 1 is 1.39 bits per heavy atom. The molecule has 1 aromatic rings. The molecule has 0 unspecified atom stereocenters. The molecular formula is C12H18N4O2. The largest absolute Gasteiger partial charge is 0.365 e. The van der Waals surface area contributed by atoms with Crippen molar-refractivity contribution < 1.29 is 9.53 Å². The molecule has 2 atom stereocenters. The fourth-order valence-corrected chi connectivity index (χ4v) is 2.38. The Morgan fingerprint density at radius 2 is 2.22 bits per heavy atom. The number of H-pyrrole nitrogens is 1. The van der Waals surface area contributed by atoms with Crippen molar-refractivity contribution in [2.24, 2.45) is 0 Å². The maximum absolute atomic E-state index is 11.9. The minimum atomic E-state index is -0.356. The molecule has 0 spiro atoms. The summed E-state index contributed by atoms with van der Waals surface area (Å²) in [4.78, 5) is 16.2. The monoisotopic (exact) mass is 250 g/mol. The number of rotatable bonds is 3. The topological polar surface area (TPSA) is 79.9 Å². The van der Waals surface area contributed by atoms with Gasteiger partial charge in [-0.2, -0.15) is 4.98 Å². The molecular weight excluding hydrogens is 232 g/mol. The van der Waals surface area contributed by atoms with Gasteiger partial charge in [0.05, 0.1) is 6.10 Å². The third-order valence-corrected chi connectivity index (χ3v) is 3.75. The summed E-state index contributed by atoms with van der Waals surface area (Å²) in [5.74, 6) is 1.60. The number of hydrogen-bond donors (Lipinski definition) is 2. The normalized spacial score (nSPS) is 28.1. The van der Waals surface area contributed by atoms with Crippen LogP contribution in [0.15, 0.2) is 0 Å². The molecule has 6 nitrogen and oxygen atoms in total. The van der Waals surface area contributed by atoms with Crippen LogP contribution in [0.3, 0.4) is 0 Å². The average molecular weight is 250 g/mol. The molecule has 1 aliphatic heterocycles. The van der Waals surface area contributed by atoms with Gasteiger partial charge in [-0.05, 0) is 32.6 Å². The number of anilines is 1. The van der Waals surface area contributed by atoms with Gasteiger partial charge in [-0.3, -0.25) is 15.2 Å². The fraction of sp³-hybridized carbons (Fsp3) is 0.750. The Morgan fingerprint density at radius 3 is 2.83 bits per heavy atom. The van der Waals surface area contributed by atoms with E-state index in [0.29, 0.717) is 11.9 Å². The van der Waals surface area contributed by atoms with Crippen molar-refractivity contribution in [2.45, 2.75) is 57.2 Å². The van der Waals surface area contributed by atoms with Crippen LogP contribution in [0, 0.1) is 0 Å². The van der Waals surface area contributed by atoms with Crippen LogP contribution in [0.4, 0.5) is 5.95 Å². The Labute approximate surface area is 106 Å². The number of aromatic nitrogens is 3. The van der Waals surface area contributed by atoms with Crippen LogP contribution in [0.2, 0.25) is 0 Å². The third kappa shape index (κ3) is 2.25. The summed E-state index contributed by atoms with van der Waals surface area (Å²) in [5, 5.41) is 9.63. The first-order valence-corrected chi connectivity index (χ1v) is 6.61. The molecule has 2 aliphatic rings. The van der Waals surface area contributed by atoms with Gasteiger partial charge in [0, 0.05) is 5.92 Å². The van der Waals surface area contributed by atoms with Crippen molar-refractivity contribution in [3.8, 4) is 0 Å². The molecule has 18 heavy (non-hydrogen) atoms. The number of carbonyl (C=O) groups is 1. The van der Waals surface area contributed by atoms with Crippen molar-refractivity contribution in [3.63, 3.8) is 0 Å². The SMILES string of the molecule is C[C@@H]1CC[C@@H](C(=O)Nc2n[nH]c(C3CCC3)n2)O1. The van der Waals surface area contributed by atoms with E-state index < -0.39 is 0 Å². The predicted molar refractivity (Wildman–Crippen MR) is 65.2 cm³/mol. The summed E-state index contributed by atoms with van der Waals surface area (Å²) in [6.07, 6.45) is 5.08. The molecule has 1 saturated carbocycles. The van der Waals surface area contributed by atoms with E-state index in [9.17, 15) is 4.79 Å². The van der Waals surface area contributed by atoms with Crippen LogP contribution in [0.5, 0.6) is 0 Å². The first-order valence-electron chi connectivity index (χ1n) is 6.61. The molecule has 0 bridgehead atoms. The number of amides is 1. The van der Waals surface area contributed by atoms with Gasteiger partial charge in [0.25, 0.3) is 5.91 Å². The van der Waals surface area contributed by atoms with Crippen LogP contribution < -0.4 is 5.32 Å². The maximum Gasteiger partial charge on any atom is 0.255 e. The van der Waals surface area contributed by atoms with Gasteiger partial charge >= 0.3 is 0 Å². The number of nitrogens with zero attached hydrogens (tertiary/aromatic N) is 2. The summed E-state index contributed by atoms with van der Waals surface area (Å²) in [5.41, 5.74) is 0. The average Bonchev–Trinajstić information content (AvgIpc) is 2.85. The second-order valence-corrected chi connectivity index (χ2v) is 5.17. The van der Waals surface area contributed by atoms with E-state index >= 15 is 0 Å². The Balaban J connectivity index is 1.58. The summed E-state index contributed by atoms with van der Waals surface area (Å²) < 4.78 is 5.50. The van der Waals surface area contributed by atoms with Crippen molar-refractivity contribution in [1.82, 2.24) is 15.2 Å². The van der Waals surface area contributed by atoms with E-state index in [-0.39, 0.29) is 18.1 Å². The zero-order chi connectivity index (χ0) is 12.5. The summed E-state index contributed by atoms with van der Waals surface area (Å²) in [6, 6.07) is 0. The number of ether oxygens (including phenoxy) is 1. The van der Waals surface area contributed by atoms with Crippen molar-refractivity contribution >= 4 is 11.9 Å². The van der Waals surface area contributed by atoms with E-state index in [1.807, 2.05) is 6.92 Å². The molecule has 1 amide bonds. The summed E-state index contributed by atoms with van der Waals surface area (Å²) in [7, 11) is 0. The molecule has 2 N–H and O–H groups in total. The molecule has 1 aliphatic carbocycles. The highest BCUT2D eigenvalue weighted by Crippen LogP contribution is 2.34. The highest BCUT2D eigenvalue weighted by atomic mass is 16.5. The number of carbonyl (C=O) groups excluding carboxylic acids is 1. The van der Waals surface area contributed by atoms with Gasteiger partial charge in [0.2, 0.25) is 5.95 Å². The minimum absolute atomic E-state index is 0.140. The number of hydrogen-bond acceptors (Lipinski definition) is 4. The second-order valence-electron chi connectivity index (χ2n) is 5.17. The van der Waals surface area contributed by atoms with Gasteiger partial charge < -0.3 is 4.74 Å². The lowest BCUT2D eigenvalue weighted by atomic mass is 9.85. The highest BCUT2D eigenvalue weighted by molar-refractivity contribution is 5.92. The first-order chi connectivity index (χ1) is 8.72. The number of nitrogens with one attached hydrogen (secondary N) is 2. The van der Waals surface area contributed by atoms with E-state index in [0.717, 1.165) is 31.5 Å². The van der Waals surface area contributed by atoms with Gasteiger partial charge in [-0.1, -0.05) is 6.42 Å². The van der Waals surface area contributed by atoms with E-state index in [2.05, 4.69) is 20.5 Å². The van der Waals surface area contributed by atoms with Crippen molar-refractivity contribution in [3.05, 3.63) is 5.82 Å². The predicted octanol–water partition coefficient (Wildman–Crippen LogP) is 1.58. The van der Waals surface area contributed by atoms with E-state index in [1.54, 1.807) is 0 Å². The fourth-order valence-electron chi connectivity index (χ4n) is 2.38. The lowest BCUT2D eigenvalue weighted by Gasteiger charge is -2.22. The smallest absolute Gasteiger partial charge is 0.255 e. The highest BCUT2D eigenvalue weighted by Gasteiger charge is 2.29. The van der Waals surface area contributed by atoms with Crippen LogP contribution in [-0.4, -0.2) is 33.3 Å². The zero-order valence-electron chi connectivity index (χ0n) is 10.5. The molecule has 2 fully saturated rings. The molecule has 0 aromatic carbocycles. The Kier molecular flexibility index (Phi) is 3.03. The molecule has 1 saturated heterocycles. The molecule has 0 radical (unpaired) electrons. The van der Waals surface area contributed by atoms with Gasteiger partial charge in [0.15, 0.2) is 0 Å². The van der Waals surface area contributed by atoms with Crippen molar-refractivity contribution in [2.75, 3.05) is 5.32 Å². The molecule has 1 aromatic heterocycles. The maximum atomic E-state index is 11.9. The van der Waals surface area contributed by atoms with E-state index in [4.69, 9.17) is 4.74 Å². The first kappa shape index (κ1) is 11.6. The lowest BCUT2D eigenvalue weighted by Crippen LogP contribution is -2.28. The van der Waals surface area contributed by atoms with Gasteiger partial charge in [0.1, 0.15) is 11.9 Å². The van der Waals surface area contributed by atoms with Crippen LogP contribution >= 0.6 is 0 Å². The van der Waals surface area contributed by atoms with E-state index in [1.165, 1.54) is 6.42 Å². The third-order valence-electron chi connectivity index (χ3n) is 3.75. The van der Waals surface area contributed by atoms with Crippen LogP contribution in [0.1, 0.15) is 50.8 Å². The van der Waals surface area contributed by atoms with Gasteiger partial charge in [-0.25, -0.2) is 0 Å². The lowest BCUT2D eigenvalue weighted by molar-refractivity contribution is -0.126. The van der Waals surface area contributed by atoms with Crippen LogP contribution in [0.25, 0.3) is 0 Å². The number of aromatic amines is 1. The molecule has 3 rings (SSSR count). The Hall–Kier alpha value is -1.43. The summed E-state index contributed by atoms with van der Waals surface area (Å²) >= 11 is 0. The van der Waals surface area contributed by atoms with Crippen LogP contribution in [-0.2, 0) is 9.53 Å². The second kappa shape index (κ2) is 4.68. The van der Waals surface area contributed by atoms with Crippen molar-refractivity contribution in [1.29, 1.82) is 0 Å². The molecule has 2 heterocycles. The Bertz CT molecular complexity index is 441. The molecule has 98 valence electrons. The quantitative estimate of drug-likeness (QED) is 0.853. The standard InChI is InChI=1S/C12H18N4O2/c1-7-5-6-9(18-7)11(17)14-12-13-10(15-16-12)8-3-2-4-8/h7-9H,2-6H2,1H3,(H2,13,14,15,16,17)/t7-,9+/m1/s1. The van der Waals surface area contributed by atoms with Gasteiger partial charge in [-0.15, -0.1) is 5.10 Å². The zero-order valence-corrected chi connectivity index (χ0v) is 10.5. The summed E-state index contributed by atoms with van der Waals surface area (Å²) in [6.45, 7) is 1.98. The minimum Gasteiger partial charge on any atom is -0.365 e. The molecule has 6 heteroatoms.